The Morgan fingerprint density at radius 2 is 2.00 bits per heavy atom. The predicted molar refractivity (Wildman–Crippen MR) is 74.7 cm³/mol. The maximum atomic E-state index is 5.66. The molecule has 2 rings (SSSR count). The number of hydrogen-bond acceptors (Lipinski definition) is 4. The first kappa shape index (κ1) is 12.9. The van der Waals surface area contributed by atoms with Gasteiger partial charge in [0.15, 0.2) is 0 Å². The SMILES string of the molecule is COc1ccc(CN)cc1CSc1ccncc1. The minimum atomic E-state index is 0.552. The molecule has 94 valence electrons. The smallest absolute Gasteiger partial charge is 0.122 e. The number of hydrogen-bond donors (Lipinski definition) is 1. The maximum absolute atomic E-state index is 5.66. The lowest BCUT2D eigenvalue weighted by Crippen LogP contribution is -1.98. The molecule has 1 heterocycles. The van der Waals surface area contributed by atoms with Crippen molar-refractivity contribution in [3.63, 3.8) is 0 Å². The van der Waals surface area contributed by atoms with Gasteiger partial charge < -0.3 is 10.5 Å². The molecule has 3 nitrogen and oxygen atoms in total. The first-order valence-corrected chi connectivity index (χ1v) is 6.70. The van der Waals surface area contributed by atoms with Gasteiger partial charge in [-0.15, -0.1) is 11.8 Å². The van der Waals surface area contributed by atoms with E-state index >= 15 is 0 Å². The zero-order chi connectivity index (χ0) is 12.8. The van der Waals surface area contributed by atoms with Crippen molar-refractivity contribution in [1.29, 1.82) is 0 Å². The van der Waals surface area contributed by atoms with Gasteiger partial charge in [0.1, 0.15) is 5.75 Å². The summed E-state index contributed by atoms with van der Waals surface area (Å²) in [5.41, 5.74) is 7.96. The molecule has 0 aliphatic carbocycles. The summed E-state index contributed by atoms with van der Waals surface area (Å²) < 4.78 is 5.37. The van der Waals surface area contributed by atoms with Crippen molar-refractivity contribution < 1.29 is 4.74 Å². The summed E-state index contributed by atoms with van der Waals surface area (Å²) in [6, 6.07) is 10.1. The van der Waals surface area contributed by atoms with E-state index in [2.05, 4.69) is 11.1 Å². The number of methoxy groups -OCH3 is 1. The van der Waals surface area contributed by atoms with Crippen LogP contribution in [0.15, 0.2) is 47.6 Å². The van der Waals surface area contributed by atoms with Crippen molar-refractivity contribution in [3.8, 4) is 5.75 Å². The molecule has 1 aromatic heterocycles. The Labute approximate surface area is 111 Å². The summed E-state index contributed by atoms with van der Waals surface area (Å²) in [5, 5.41) is 0. The van der Waals surface area contributed by atoms with Crippen LogP contribution in [0.25, 0.3) is 0 Å². The molecule has 0 aliphatic rings. The van der Waals surface area contributed by atoms with Gasteiger partial charge in [0.25, 0.3) is 0 Å². The number of ether oxygens (including phenoxy) is 1. The van der Waals surface area contributed by atoms with E-state index in [0.29, 0.717) is 6.54 Å². The molecule has 0 spiro atoms. The molecular weight excluding hydrogens is 244 g/mol. The van der Waals surface area contributed by atoms with Crippen LogP contribution in [0.4, 0.5) is 0 Å². The molecule has 0 amide bonds. The molecule has 2 N–H and O–H groups in total. The molecule has 18 heavy (non-hydrogen) atoms. The summed E-state index contributed by atoms with van der Waals surface area (Å²) >= 11 is 1.76. The lowest BCUT2D eigenvalue weighted by atomic mass is 10.1. The van der Waals surface area contributed by atoms with Gasteiger partial charge in [0.05, 0.1) is 7.11 Å². The molecule has 0 radical (unpaired) electrons. The topological polar surface area (TPSA) is 48.1 Å². The lowest BCUT2D eigenvalue weighted by molar-refractivity contribution is 0.411. The van der Waals surface area contributed by atoms with Gasteiger partial charge in [0.2, 0.25) is 0 Å². The second-order valence-electron chi connectivity index (χ2n) is 3.82. The number of nitrogens with zero attached hydrogens (tertiary/aromatic N) is 1. The van der Waals surface area contributed by atoms with Crippen molar-refractivity contribution in [2.24, 2.45) is 5.73 Å². The Bertz CT molecular complexity index is 502. The van der Waals surface area contributed by atoms with Gasteiger partial charge in [-0.2, -0.15) is 0 Å². The van der Waals surface area contributed by atoms with Crippen molar-refractivity contribution in [2.45, 2.75) is 17.2 Å². The molecule has 0 atom stereocenters. The lowest BCUT2D eigenvalue weighted by Gasteiger charge is -2.10. The van der Waals surface area contributed by atoms with E-state index in [4.69, 9.17) is 10.5 Å². The van der Waals surface area contributed by atoms with Gasteiger partial charge >= 0.3 is 0 Å². The van der Waals surface area contributed by atoms with Crippen LogP contribution < -0.4 is 10.5 Å². The van der Waals surface area contributed by atoms with Crippen LogP contribution in [0.5, 0.6) is 5.75 Å². The van der Waals surface area contributed by atoms with Gasteiger partial charge in [-0.25, -0.2) is 0 Å². The number of thioether (sulfide) groups is 1. The molecule has 0 bridgehead atoms. The molecule has 1 aromatic carbocycles. The van der Waals surface area contributed by atoms with Gasteiger partial charge in [0, 0.05) is 35.2 Å². The third-order valence-electron chi connectivity index (χ3n) is 2.62. The first-order chi connectivity index (χ1) is 8.83. The fourth-order valence-corrected chi connectivity index (χ4v) is 2.53. The largest absolute Gasteiger partial charge is 0.496 e. The van der Waals surface area contributed by atoms with E-state index in [1.165, 1.54) is 10.5 Å². The fraction of sp³-hybridized carbons (Fsp3) is 0.214. The summed E-state index contributed by atoms with van der Waals surface area (Å²) in [7, 11) is 1.69. The number of nitrogens with two attached hydrogens (primary N) is 1. The number of rotatable bonds is 5. The van der Waals surface area contributed by atoms with Gasteiger partial charge in [-0.1, -0.05) is 6.07 Å². The molecule has 0 aliphatic heterocycles. The highest BCUT2D eigenvalue weighted by atomic mass is 32.2. The first-order valence-electron chi connectivity index (χ1n) is 5.72. The minimum absolute atomic E-state index is 0.552. The zero-order valence-electron chi connectivity index (χ0n) is 10.3. The van der Waals surface area contributed by atoms with Crippen molar-refractivity contribution in [2.75, 3.05) is 7.11 Å². The van der Waals surface area contributed by atoms with Crippen LogP contribution in [-0.2, 0) is 12.3 Å². The van der Waals surface area contributed by atoms with Gasteiger partial charge in [-0.3, -0.25) is 4.98 Å². The zero-order valence-corrected chi connectivity index (χ0v) is 11.1. The molecule has 0 fully saturated rings. The van der Waals surface area contributed by atoms with E-state index in [9.17, 15) is 0 Å². The fourth-order valence-electron chi connectivity index (χ4n) is 1.67. The average Bonchev–Trinajstić information content (AvgIpc) is 2.45. The number of aromatic nitrogens is 1. The molecule has 2 aromatic rings. The molecule has 0 saturated heterocycles. The standard InChI is InChI=1S/C14H16N2OS/c1-17-14-3-2-11(9-15)8-12(14)10-18-13-4-6-16-7-5-13/h2-8H,9-10,15H2,1H3. The van der Waals surface area contributed by atoms with Crippen LogP contribution >= 0.6 is 11.8 Å². The highest BCUT2D eigenvalue weighted by Gasteiger charge is 2.05. The summed E-state index contributed by atoms with van der Waals surface area (Å²) in [5.74, 6) is 1.77. The summed E-state index contributed by atoms with van der Waals surface area (Å²) in [4.78, 5) is 5.21. The van der Waals surface area contributed by atoms with Crippen LogP contribution in [0.1, 0.15) is 11.1 Å². The molecule has 0 saturated carbocycles. The second-order valence-corrected chi connectivity index (χ2v) is 4.87. The van der Waals surface area contributed by atoms with E-state index in [1.807, 2.05) is 24.3 Å². The predicted octanol–water partition coefficient (Wildman–Crippen LogP) is 2.84. The van der Waals surface area contributed by atoms with Crippen LogP contribution in [0.2, 0.25) is 0 Å². The normalized spacial score (nSPS) is 10.3. The van der Waals surface area contributed by atoms with Crippen molar-refractivity contribution in [3.05, 3.63) is 53.9 Å². The van der Waals surface area contributed by atoms with E-state index in [0.717, 1.165) is 17.1 Å². The Morgan fingerprint density at radius 1 is 1.22 bits per heavy atom. The Hall–Kier alpha value is -1.52. The Morgan fingerprint density at radius 3 is 2.67 bits per heavy atom. The van der Waals surface area contributed by atoms with E-state index in [-0.39, 0.29) is 0 Å². The third-order valence-corrected chi connectivity index (χ3v) is 3.69. The summed E-state index contributed by atoms with van der Waals surface area (Å²) in [6.07, 6.45) is 3.60. The minimum Gasteiger partial charge on any atom is -0.496 e. The maximum Gasteiger partial charge on any atom is 0.122 e. The average molecular weight is 260 g/mol. The highest BCUT2D eigenvalue weighted by molar-refractivity contribution is 7.98. The Balaban J connectivity index is 2.12. The van der Waals surface area contributed by atoms with Crippen LogP contribution in [0.3, 0.4) is 0 Å². The van der Waals surface area contributed by atoms with Crippen molar-refractivity contribution in [1.82, 2.24) is 4.98 Å². The quantitative estimate of drug-likeness (QED) is 0.840. The number of benzene rings is 1. The monoisotopic (exact) mass is 260 g/mol. The highest BCUT2D eigenvalue weighted by Crippen LogP contribution is 2.28. The van der Waals surface area contributed by atoms with Crippen LogP contribution in [-0.4, -0.2) is 12.1 Å². The summed E-state index contributed by atoms with van der Waals surface area (Å²) in [6.45, 7) is 0.552. The molecular formula is C14H16N2OS. The van der Waals surface area contributed by atoms with Crippen molar-refractivity contribution >= 4 is 11.8 Å². The Kier molecular flexibility index (Phi) is 4.61. The molecule has 4 heteroatoms. The number of pyridine rings is 1. The molecule has 0 unspecified atom stereocenters. The van der Waals surface area contributed by atoms with Crippen LogP contribution in [0, 0.1) is 0 Å². The van der Waals surface area contributed by atoms with Gasteiger partial charge in [-0.05, 0) is 29.8 Å². The van der Waals surface area contributed by atoms with E-state index < -0.39 is 0 Å². The van der Waals surface area contributed by atoms with E-state index in [1.54, 1.807) is 31.3 Å². The third kappa shape index (κ3) is 3.24. The second kappa shape index (κ2) is 6.42.